The number of aliphatic hydroxyl groups is 2. The lowest BCUT2D eigenvalue weighted by molar-refractivity contribution is -0.246. The standard InChI is InChI=1S/C40H77O11P/c1-3-5-7-9-11-13-15-17-18-20-22-24-26-28-30-32-40(44)50-38(36-48-51-52(45,46)49-34-37(42)33-41)35-47-39(43)31-29-27-25-23-21-19-16-14-12-10-8-6-4-2/h17-18,37-38,41-42H,3-16,19-36H2,1-2H3,(H,45,46)/b18-17-/t37-,38-/m1/s1. The van der Waals surface area contributed by atoms with Crippen LogP contribution in [0.2, 0.25) is 0 Å². The zero-order valence-electron chi connectivity index (χ0n) is 33.0. The number of phosphoric acid groups is 1. The summed E-state index contributed by atoms with van der Waals surface area (Å²) in [6, 6.07) is 0. The minimum Gasteiger partial charge on any atom is -0.462 e. The van der Waals surface area contributed by atoms with Crippen molar-refractivity contribution in [2.24, 2.45) is 0 Å². The van der Waals surface area contributed by atoms with Gasteiger partial charge in [-0.3, -0.25) is 14.1 Å². The Hall–Kier alpha value is -1.33. The van der Waals surface area contributed by atoms with Crippen LogP contribution >= 0.6 is 7.82 Å². The van der Waals surface area contributed by atoms with Crippen LogP contribution in [0.5, 0.6) is 0 Å². The van der Waals surface area contributed by atoms with Gasteiger partial charge < -0.3 is 24.6 Å². The Balaban J connectivity index is 4.34. The number of carbonyl (C=O) groups excluding carboxylic acids is 2. The molecule has 0 bridgehead atoms. The third-order valence-electron chi connectivity index (χ3n) is 8.90. The van der Waals surface area contributed by atoms with Crippen molar-refractivity contribution in [2.45, 2.75) is 206 Å². The first-order valence-electron chi connectivity index (χ1n) is 20.8. The first-order valence-corrected chi connectivity index (χ1v) is 22.3. The Morgan fingerprint density at radius 1 is 0.596 bits per heavy atom. The summed E-state index contributed by atoms with van der Waals surface area (Å²) in [4.78, 5) is 39.5. The van der Waals surface area contributed by atoms with Crippen LogP contribution in [-0.4, -0.2) is 65.7 Å². The van der Waals surface area contributed by atoms with E-state index >= 15 is 0 Å². The molecule has 0 rings (SSSR count). The summed E-state index contributed by atoms with van der Waals surface area (Å²) in [5, 5.41) is 18.2. The molecule has 0 aliphatic rings. The summed E-state index contributed by atoms with van der Waals surface area (Å²) < 4.78 is 31.8. The van der Waals surface area contributed by atoms with E-state index in [9.17, 15) is 24.2 Å². The van der Waals surface area contributed by atoms with Gasteiger partial charge in [0.2, 0.25) is 0 Å². The minimum absolute atomic E-state index is 0.184. The number of unbranched alkanes of at least 4 members (excludes halogenated alkanes) is 23. The van der Waals surface area contributed by atoms with Crippen molar-refractivity contribution in [1.29, 1.82) is 0 Å². The predicted octanol–water partition coefficient (Wildman–Crippen LogP) is 10.4. The van der Waals surface area contributed by atoms with E-state index in [0.29, 0.717) is 12.8 Å². The van der Waals surface area contributed by atoms with Crippen molar-refractivity contribution in [3.05, 3.63) is 12.2 Å². The molecule has 0 aliphatic carbocycles. The first-order chi connectivity index (χ1) is 25.2. The van der Waals surface area contributed by atoms with Gasteiger partial charge in [-0.25, -0.2) is 9.45 Å². The molecule has 0 spiro atoms. The number of phosphoric ester groups is 1. The summed E-state index contributed by atoms with van der Waals surface area (Å²) in [5.74, 6) is -0.912. The molecule has 0 aliphatic heterocycles. The first kappa shape index (κ1) is 50.7. The quantitative estimate of drug-likeness (QED) is 0.0136. The Labute approximate surface area is 316 Å². The number of carbonyl (C=O) groups is 2. The van der Waals surface area contributed by atoms with Crippen LogP contribution in [0, 0.1) is 0 Å². The molecule has 0 heterocycles. The van der Waals surface area contributed by atoms with Crippen molar-refractivity contribution >= 4 is 19.8 Å². The number of hydrogen-bond acceptors (Lipinski definition) is 10. The van der Waals surface area contributed by atoms with Crippen molar-refractivity contribution in [1.82, 2.24) is 0 Å². The largest absolute Gasteiger partial charge is 0.499 e. The highest BCUT2D eigenvalue weighted by Gasteiger charge is 2.26. The molecule has 0 aromatic carbocycles. The average Bonchev–Trinajstić information content (AvgIpc) is 3.13. The topological polar surface area (TPSA) is 158 Å². The minimum atomic E-state index is -4.72. The summed E-state index contributed by atoms with van der Waals surface area (Å²) in [6.45, 7) is 2.38. The fraction of sp³-hybridized carbons (Fsp3) is 0.900. The van der Waals surface area contributed by atoms with Gasteiger partial charge in [-0.2, -0.15) is 0 Å². The fourth-order valence-corrected chi connectivity index (χ4v) is 6.27. The third-order valence-corrected chi connectivity index (χ3v) is 9.67. The molecular formula is C40H77O11P. The molecule has 0 aromatic heterocycles. The Kier molecular flexibility index (Phi) is 37.0. The molecule has 11 nitrogen and oxygen atoms in total. The van der Waals surface area contributed by atoms with Crippen LogP contribution in [0.25, 0.3) is 0 Å². The maximum absolute atomic E-state index is 12.6. The Morgan fingerprint density at radius 2 is 1.02 bits per heavy atom. The highest BCUT2D eigenvalue weighted by Crippen LogP contribution is 2.43. The maximum atomic E-state index is 12.6. The van der Waals surface area contributed by atoms with E-state index in [2.05, 4.69) is 35.2 Å². The number of hydrogen-bond donors (Lipinski definition) is 3. The Bertz CT molecular complexity index is 886. The normalized spacial score (nSPS) is 14.0. The maximum Gasteiger partial charge on any atom is 0.499 e. The molecule has 0 amide bonds. The van der Waals surface area contributed by atoms with Crippen molar-refractivity contribution in [3.8, 4) is 0 Å². The highest BCUT2D eigenvalue weighted by atomic mass is 31.2. The zero-order chi connectivity index (χ0) is 38.4. The van der Waals surface area contributed by atoms with Gasteiger partial charge >= 0.3 is 19.8 Å². The van der Waals surface area contributed by atoms with Gasteiger partial charge in [0, 0.05) is 12.8 Å². The van der Waals surface area contributed by atoms with E-state index in [1.54, 1.807) is 0 Å². The monoisotopic (exact) mass is 765 g/mol. The Morgan fingerprint density at radius 3 is 1.48 bits per heavy atom. The molecular weight excluding hydrogens is 687 g/mol. The van der Waals surface area contributed by atoms with Crippen LogP contribution in [0.15, 0.2) is 12.2 Å². The number of aliphatic hydroxyl groups excluding tert-OH is 2. The smallest absolute Gasteiger partial charge is 0.462 e. The highest BCUT2D eigenvalue weighted by molar-refractivity contribution is 7.47. The van der Waals surface area contributed by atoms with Gasteiger partial charge in [0.1, 0.15) is 19.3 Å². The van der Waals surface area contributed by atoms with E-state index in [1.165, 1.54) is 96.3 Å². The van der Waals surface area contributed by atoms with Gasteiger partial charge in [0.25, 0.3) is 0 Å². The molecule has 0 aromatic rings. The predicted molar refractivity (Wildman–Crippen MR) is 207 cm³/mol. The van der Waals surface area contributed by atoms with E-state index in [0.717, 1.165) is 57.8 Å². The molecule has 52 heavy (non-hydrogen) atoms. The lowest BCUT2D eigenvalue weighted by atomic mass is 10.0. The number of ether oxygens (including phenoxy) is 2. The lowest BCUT2D eigenvalue weighted by Gasteiger charge is -2.19. The number of allylic oxidation sites excluding steroid dienone is 2. The number of esters is 2. The van der Waals surface area contributed by atoms with Crippen molar-refractivity contribution in [3.63, 3.8) is 0 Å². The molecule has 308 valence electrons. The van der Waals surface area contributed by atoms with E-state index < -0.39 is 51.8 Å². The van der Waals surface area contributed by atoms with E-state index in [4.69, 9.17) is 19.5 Å². The summed E-state index contributed by atoms with van der Waals surface area (Å²) in [5.41, 5.74) is 0. The van der Waals surface area contributed by atoms with Crippen molar-refractivity contribution < 1.29 is 52.8 Å². The van der Waals surface area contributed by atoms with Gasteiger partial charge in [-0.15, -0.1) is 4.67 Å². The van der Waals surface area contributed by atoms with Crippen LogP contribution in [0.4, 0.5) is 0 Å². The molecule has 0 radical (unpaired) electrons. The molecule has 0 saturated carbocycles. The van der Waals surface area contributed by atoms with Gasteiger partial charge in [0.05, 0.1) is 13.2 Å². The lowest BCUT2D eigenvalue weighted by Crippen LogP contribution is -2.30. The number of rotatable bonds is 40. The van der Waals surface area contributed by atoms with Crippen LogP contribution in [-0.2, 0) is 37.7 Å². The second-order valence-electron chi connectivity index (χ2n) is 14.1. The molecule has 0 fully saturated rings. The van der Waals surface area contributed by atoms with E-state index in [-0.39, 0.29) is 19.4 Å². The van der Waals surface area contributed by atoms with Gasteiger partial charge in [-0.05, 0) is 38.5 Å². The van der Waals surface area contributed by atoms with Crippen LogP contribution in [0.3, 0.4) is 0 Å². The summed E-state index contributed by atoms with van der Waals surface area (Å²) >= 11 is 0. The van der Waals surface area contributed by atoms with E-state index in [1.807, 2.05) is 0 Å². The second-order valence-corrected chi connectivity index (χ2v) is 15.4. The third kappa shape index (κ3) is 37.0. The molecule has 12 heteroatoms. The van der Waals surface area contributed by atoms with Crippen LogP contribution in [0.1, 0.15) is 194 Å². The van der Waals surface area contributed by atoms with Gasteiger partial charge in [-0.1, -0.05) is 154 Å². The van der Waals surface area contributed by atoms with Crippen LogP contribution < -0.4 is 0 Å². The molecule has 1 unspecified atom stereocenters. The SMILES string of the molecule is CCCCCCCC/C=C\CCCCCCCC(=O)O[C@@H](COOP(=O)(O)OC[C@H](O)CO)COC(=O)CCCCCCCCCCCCCCC. The summed E-state index contributed by atoms with van der Waals surface area (Å²) in [7, 11) is -4.72. The molecule has 3 N–H and O–H groups in total. The molecule has 3 atom stereocenters. The zero-order valence-corrected chi connectivity index (χ0v) is 33.9. The second kappa shape index (κ2) is 38.0. The van der Waals surface area contributed by atoms with Gasteiger partial charge in [0.15, 0.2) is 6.10 Å². The molecule has 0 saturated heterocycles. The average molecular weight is 765 g/mol. The van der Waals surface area contributed by atoms with Crippen molar-refractivity contribution in [2.75, 3.05) is 26.4 Å². The fourth-order valence-electron chi connectivity index (χ4n) is 5.67. The summed E-state index contributed by atoms with van der Waals surface area (Å²) in [6.07, 6.45) is 33.1.